The number of nitrogens with zero attached hydrogens (tertiary/aromatic N) is 2. The topological polar surface area (TPSA) is 33.2 Å². The van der Waals surface area contributed by atoms with Gasteiger partial charge in [-0.15, -0.1) is 0 Å². The Morgan fingerprint density at radius 3 is 2.81 bits per heavy atom. The van der Waals surface area contributed by atoms with Crippen molar-refractivity contribution in [2.45, 2.75) is 31.2 Å². The Hall–Kier alpha value is -1.22. The van der Waals surface area contributed by atoms with E-state index in [1.807, 2.05) is 37.3 Å². The average molecular weight is 218 g/mol. The molecule has 1 heterocycles. The highest BCUT2D eigenvalue weighted by Gasteiger charge is 2.31. The minimum Gasteiger partial charge on any atom is -0.300 e. The lowest BCUT2D eigenvalue weighted by Gasteiger charge is -2.31. The molecule has 0 amide bonds. The van der Waals surface area contributed by atoms with E-state index in [4.69, 9.17) is 0 Å². The number of Topliss-reactive ketones (excluding diaryl/α,β-unsaturated/α-hetero) is 1. The summed E-state index contributed by atoms with van der Waals surface area (Å²) < 4.78 is 0. The van der Waals surface area contributed by atoms with Gasteiger partial charge in [-0.1, -0.05) is 6.07 Å². The van der Waals surface area contributed by atoms with Gasteiger partial charge in [-0.3, -0.25) is 14.7 Å². The number of hydrogen-bond donors (Lipinski definition) is 0. The summed E-state index contributed by atoms with van der Waals surface area (Å²) in [5.74, 6) is 0.809. The number of aromatic nitrogens is 1. The maximum absolute atomic E-state index is 11.8. The van der Waals surface area contributed by atoms with Crippen LogP contribution in [-0.2, 0) is 4.79 Å². The number of ketones is 1. The van der Waals surface area contributed by atoms with Crippen LogP contribution >= 0.6 is 0 Å². The lowest BCUT2D eigenvalue weighted by atomic mass is 9.82. The summed E-state index contributed by atoms with van der Waals surface area (Å²) in [5.41, 5.74) is 1.13. The van der Waals surface area contributed by atoms with Crippen molar-refractivity contribution >= 4 is 5.78 Å². The number of pyridine rings is 1. The van der Waals surface area contributed by atoms with Gasteiger partial charge >= 0.3 is 0 Å². The van der Waals surface area contributed by atoms with Gasteiger partial charge in [0.15, 0.2) is 0 Å². The maximum atomic E-state index is 11.8. The van der Waals surface area contributed by atoms with E-state index < -0.39 is 0 Å². The Labute approximate surface area is 96.5 Å². The van der Waals surface area contributed by atoms with E-state index in [1.54, 1.807) is 0 Å². The van der Waals surface area contributed by atoms with E-state index in [2.05, 4.69) is 11.1 Å². The van der Waals surface area contributed by atoms with Crippen LogP contribution in [0.1, 0.15) is 30.9 Å². The molecule has 0 spiro atoms. The highest BCUT2D eigenvalue weighted by molar-refractivity contribution is 5.84. The van der Waals surface area contributed by atoms with Gasteiger partial charge in [0.25, 0.3) is 0 Å². The lowest BCUT2D eigenvalue weighted by molar-refractivity contribution is -0.125. The van der Waals surface area contributed by atoms with E-state index in [1.165, 1.54) is 0 Å². The smallest absolute Gasteiger partial charge is 0.149 e. The third-order valence-corrected chi connectivity index (χ3v) is 3.35. The number of carbonyl (C=O) groups is 1. The van der Waals surface area contributed by atoms with E-state index in [-0.39, 0.29) is 6.04 Å². The lowest BCUT2D eigenvalue weighted by Crippen LogP contribution is -2.40. The summed E-state index contributed by atoms with van der Waals surface area (Å²) in [4.78, 5) is 18.2. The predicted molar refractivity (Wildman–Crippen MR) is 63.3 cm³/mol. The molecule has 1 saturated carbocycles. The van der Waals surface area contributed by atoms with Crippen LogP contribution in [-0.4, -0.2) is 35.8 Å². The first kappa shape index (κ1) is 11.3. The molecule has 2 rings (SSSR count). The molecule has 3 nitrogen and oxygen atoms in total. The predicted octanol–water partition coefficient (Wildman–Crippen LogP) is 1.85. The molecule has 0 bridgehead atoms. The monoisotopic (exact) mass is 218 g/mol. The van der Waals surface area contributed by atoms with Gasteiger partial charge in [0.05, 0.1) is 6.04 Å². The van der Waals surface area contributed by atoms with E-state index in [0.717, 1.165) is 18.5 Å². The molecule has 1 aliphatic carbocycles. The van der Waals surface area contributed by atoms with Crippen molar-refractivity contribution in [2.24, 2.45) is 0 Å². The normalized spacial score (nSPS) is 26.1. The van der Waals surface area contributed by atoms with Crippen molar-refractivity contribution in [3.63, 3.8) is 0 Å². The van der Waals surface area contributed by atoms with E-state index in [0.29, 0.717) is 18.1 Å². The van der Waals surface area contributed by atoms with Crippen LogP contribution in [0.25, 0.3) is 0 Å². The molecule has 1 aliphatic rings. The van der Waals surface area contributed by atoms with Gasteiger partial charge in [-0.2, -0.15) is 0 Å². The minimum absolute atomic E-state index is 0.0701. The third-order valence-electron chi connectivity index (χ3n) is 3.35. The molecule has 2 unspecified atom stereocenters. The highest BCUT2D eigenvalue weighted by atomic mass is 16.1. The summed E-state index contributed by atoms with van der Waals surface area (Å²) in [6.07, 6.45) is 4.36. The Morgan fingerprint density at radius 2 is 2.19 bits per heavy atom. The number of rotatable bonds is 2. The van der Waals surface area contributed by atoms with Gasteiger partial charge in [0.2, 0.25) is 0 Å². The fourth-order valence-corrected chi connectivity index (χ4v) is 2.39. The molecule has 3 heteroatoms. The quantitative estimate of drug-likeness (QED) is 0.759. The molecule has 16 heavy (non-hydrogen) atoms. The number of carbonyl (C=O) groups excluding carboxylic acids is 1. The van der Waals surface area contributed by atoms with Gasteiger partial charge in [-0.25, -0.2) is 0 Å². The molecular weight excluding hydrogens is 200 g/mol. The second kappa shape index (κ2) is 4.74. The van der Waals surface area contributed by atoms with Crippen LogP contribution < -0.4 is 0 Å². The first-order valence-corrected chi connectivity index (χ1v) is 5.78. The second-order valence-electron chi connectivity index (χ2n) is 4.67. The molecule has 0 aromatic carbocycles. The highest BCUT2D eigenvalue weighted by Crippen LogP contribution is 2.31. The van der Waals surface area contributed by atoms with Crippen molar-refractivity contribution in [3.05, 3.63) is 30.1 Å². The zero-order valence-corrected chi connectivity index (χ0v) is 9.89. The Morgan fingerprint density at radius 1 is 1.38 bits per heavy atom. The van der Waals surface area contributed by atoms with Crippen LogP contribution in [0.15, 0.2) is 24.4 Å². The summed E-state index contributed by atoms with van der Waals surface area (Å²) in [7, 11) is 3.95. The van der Waals surface area contributed by atoms with Crippen molar-refractivity contribution in [1.29, 1.82) is 0 Å². The first-order chi connectivity index (χ1) is 7.68. The Balaban J connectivity index is 2.12. The molecular formula is C13H18N2O. The summed E-state index contributed by atoms with van der Waals surface area (Å²) in [6.45, 7) is 0. The number of likely N-dealkylation sites (N-methyl/N-ethyl adjacent to an activating group) is 1. The van der Waals surface area contributed by atoms with Gasteiger partial charge in [0, 0.05) is 24.2 Å². The molecule has 0 aliphatic heterocycles. The first-order valence-electron chi connectivity index (χ1n) is 5.78. The van der Waals surface area contributed by atoms with Crippen LogP contribution in [0, 0.1) is 0 Å². The minimum atomic E-state index is 0.0701. The van der Waals surface area contributed by atoms with Gasteiger partial charge in [-0.05, 0) is 39.1 Å². The zero-order valence-electron chi connectivity index (χ0n) is 9.89. The molecule has 86 valence electrons. The standard InChI is InChI=1S/C13H18N2O/c1-15(2)12-9-10(6-7-13(12)16)11-5-3-4-8-14-11/h3-5,8,10,12H,6-7,9H2,1-2H3. The summed E-state index contributed by atoms with van der Waals surface area (Å²) >= 11 is 0. The van der Waals surface area contributed by atoms with Crippen LogP contribution in [0.5, 0.6) is 0 Å². The molecule has 0 N–H and O–H groups in total. The van der Waals surface area contributed by atoms with Crippen LogP contribution in [0.3, 0.4) is 0 Å². The Kier molecular flexibility index (Phi) is 3.34. The molecule has 0 saturated heterocycles. The van der Waals surface area contributed by atoms with Crippen molar-refractivity contribution < 1.29 is 4.79 Å². The van der Waals surface area contributed by atoms with Gasteiger partial charge < -0.3 is 0 Å². The Bertz CT molecular complexity index is 361. The molecule has 1 aromatic heterocycles. The fraction of sp³-hybridized carbons (Fsp3) is 0.538. The SMILES string of the molecule is CN(C)C1CC(c2ccccn2)CCC1=O. The molecule has 1 aromatic rings. The van der Waals surface area contributed by atoms with Crippen molar-refractivity contribution in [3.8, 4) is 0 Å². The largest absolute Gasteiger partial charge is 0.300 e. The van der Waals surface area contributed by atoms with E-state index in [9.17, 15) is 4.79 Å². The maximum Gasteiger partial charge on any atom is 0.149 e. The number of hydrogen-bond acceptors (Lipinski definition) is 3. The van der Waals surface area contributed by atoms with E-state index >= 15 is 0 Å². The molecule has 1 fully saturated rings. The summed E-state index contributed by atoms with van der Waals surface area (Å²) in [5, 5.41) is 0. The van der Waals surface area contributed by atoms with Crippen molar-refractivity contribution in [2.75, 3.05) is 14.1 Å². The summed E-state index contributed by atoms with van der Waals surface area (Å²) in [6, 6.07) is 6.08. The molecule has 2 atom stereocenters. The molecule has 0 radical (unpaired) electrons. The fourth-order valence-electron chi connectivity index (χ4n) is 2.39. The zero-order chi connectivity index (χ0) is 11.5. The van der Waals surface area contributed by atoms with Crippen LogP contribution in [0.4, 0.5) is 0 Å². The van der Waals surface area contributed by atoms with Gasteiger partial charge in [0.1, 0.15) is 5.78 Å². The van der Waals surface area contributed by atoms with Crippen LogP contribution in [0.2, 0.25) is 0 Å². The average Bonchev–Trinajstić information content (AvgIpc) is 2.30. The van der Waals surface area contributed by atoms with Crippen molar-refractivity contribution in [1.82, 2.24) is 9.88 Å². The second-order valence-corrected chi connectivity index (χ2v) is 4.67. The third kappa shape index (κ3) is 2.30.